The zero-order chi connectivity index (χ0) is 19.8. The Morgan fingerprint density at radius 2 is 1.52 bits per heavy atom. The first kappa shape index (κ1) is 19.6. The smallest absolute Gasteiger partial charge is 0.254 e. The van der Waals surface area contributed by atoms with Crippen LogP contribution in [-0.2, 0) is 10.0 Å². The van der Waals surface area contributed by atoms with Gasteiger partial charge in [-0.1, -0.05) is 18.2 Å². The predicted molar refractivity (Wildman–Crippen MR) is 106 cm³/mol. The van der Waals surface area contributed by atoms with Gasteiger partial charge in [0.25, 0.3) is 5.91 Å². The SMILES string of the molecule is Cc1ccc(S(=O)(=O)N2CCN(C(=O)c3cccc(C)c3C)CC2)cc1C. The highest BCUT2D eigenvalue weighted by atomic mass is 32.2. The van der Waals surface area contributed by atoms with Crippen LogP contribution < -0.4 is 0 Å². The fourth-order valence-corrected chi connectivity index (χ4v) is 4.82. The maximum Gasteiger partial charge on any atom is 0.254 e. The first-order valence-electron chi connectivity index (χ1n) is 9.14. The summed E-state index contributed by atoms with van der Waals surface area (Å²) in [5.41, 5.74) is 4.78. The van der Waals surface area contributed by atoms with Crippen LogP contribution in [0.1, 0.15) is 32.6 Å². The van der Waals surface area contributed by atoms with Gasteiger partial charge in [0, 0.05) is 31.7 Å². The van der Waals surface area contributed by atoms with Gasteiger partial charge in [-0.05, 0) is 68.1 Å². The van der Waals surface area contributed by atoms with Gasteiger partial charge in [0.15, 0.2) is 0 Å². The van der Waals surface area contributed by atoms with E-state index in [1.165, 1.54) is 4.31 Å². The lowest BCUT2D eigenvalue weighted by Crippen LogP contribution is -2.50. The summed E-state index contributed by atoms with van der Waals surface area (Å²) in [6.07, 6.45) is 0. The summed E-state index contributed by atoms with van der Waals surface area (Å²) in [5.74, 6) is -0.0283. The van der Waals surface area contributed by atoms with Crippen molar-refractivity contribution in [2.24, 2.45) is 0 Å². The molecule has 3 rings (SSSR count). The number of sulfonamides is 1. The van der Waals surface area contributed by atoms with Crippen molar-refractivity contribution in [1.82, 2.24) is 9.21 Å². The Morgan fingerprint density at radius 1 is 0.852 bits per heavy atom. The van der Waals surface area contributed by atoms with Crippen LogP contribution in [0.15, 0.2) is 41.3 Å². The molecule has 1 aliphatic rings. The molecule has 0 saturated carbocycles. The lowest BCUT2D eigenvalue weighted by atomic mass is 10.0. The van der Waals surface area contributed by atoms with Crippen molar-refractivity contribution in [1.29, 1.82) is 0 Å². The van der Waals surface area contributed by atoms with Crippen molar-refractivity contribution in [3.05, 3.63) is 64.2 Å². The Morgan fingerprint density at radius 3 is 2.15 bits per heavy atom. The second kappa shape index (κ2) is 7.44. The predicted octanol–water partition coefficient (Wildman–Crippen LogP) is 3.07. The number of aryl methyl sites for hydroxylation is 3. The zero-order valence-electron chi connectivity index (χ0n) is 16.3. The van der Waals surface area contributed by atoms with Crippen LogP contribution in [-0.4, -0.2) is 49.7 Å². The third-order valence-corrected chi connectivity index (χ3v) is 7.37. The summed E-state index contributed by atoms with van der Waals surface area (Å²) in [5, 5.41) is 0. The number of hydrogen-bond donors (Lipinski definition) is 0. The molecule has 2 aromatic carbocycles. The summed E-state index contributed by atoms with van der Waals surface area (Å²) in [7, 11) is -3.53. The maximum atomic E-state index is 12.9. The summed E-state index contributed by atoms with van der Waals surface area (Å²) in [6, 6.07) is 10.9. The van der Waals surface area contributed by atoms with Crippen LogP contribution in [0.3, 0.4) is 0 Å². The summed E-state index contributed by atoms with van der Waals surface area (Å²) < 4.78 is 27.3. The highest BCUT2D eigenvalue weighted by Gasteiger charge is 2.31. The molecule has 5 nitrogen and oxygen atoms in total. The Hall–Kier alpha value is -2.18. The van der Waals surface area contributed by atoms with Crippen molar-refractivity contribution in [3.63, 3.8) is 0 Å². The van der Waals surface area contributed by atoms with Gasteiger partial charge < -0.3 is 4.90 Å². The molecule has 144 valence electrons. The fraction of sp³-hybridized carbons (Fsp3) is 0.381. The number of piperazine rings is 1. The van der Waals surface area contributed by atoms with Crippen LogP contribution in [0.25, 0.3) is 0 Å². The molecule has 0 atom stereocenters. The Balaban J connectivity index is 1.74. The molecule has 0 aliphatic carbocycles. The Labute approximate surface area is 161 Å². The molecule has 0 radical (unpaired) electrons. The Kier molecular flexibility index (Phi) is 5.40. The van der Waals surface area contributed by atoms with E-state index in [2.05, 4.69) is 0 Å². The van der Waals surface area contributed by atoms with Gasteiger partial charge in [-0.15, -0.1) is 0 Å². The molecular weight excluding hydrogens is 360 g/mol. The maximum absolute atomic E-state index is 12.9. The molecule has 1 saturated heterocycles. The Bertz CT molecular complexity index is 975. The first-order chi connectivity index (χ1) is 12.7. The minimum absolute atomic E-state index is 0.0283. The van der Waals surface area contributed by atoms with Crippen molar-refractivity contribution < 1.29 is 13.2 Å². The minimum Gasteiger partial charge on any atom is -0.336 e. The normalized spacial score (nSPS) is 15.8. The summed E-state index contributed by atoms with van der Waals surface area (Å²) in [4.78, 5) is 14.9. The topological polar surface area (TPSA) is 57.7 Å². The van der Waals surface area contributed by atoms with E-state index >= 15 is 0 Å². The van der Waals surface area contributed by atoms with E-state index in [-0.39, 0.29) is 5.91 Å². The monoisotopic (exact) mass is 386 g/mol. The van der Waals surface area contributed by atoms with E-state index in [1.54, 1.807) is 17.0 Å². The van der Waals surface area contributed by atoms with E-state index in [9.17, 15) is 13.2 Å². The van der Waals surface area contributed by atoms with Gasteiger partial charge in [0.05, 0.1) is 4.90 Å². The van der Waals surface area contributed by atoms with E-state index in [0.717, 1.165) is 22.3 Å². The third kappa shape index (κ3) is 3.77. The highest BCUT2D eigenvalue weighted by molar-refractivity contribution is 7.89. The van der Waals surface area contributed by atoms with Crippen LogP contribution in [0.5, 0.6) is 0 Å². The number of amides is 1. The van der Waals surface area contributed by atoms with Gasteiger partial charge in [0.2, 0.25) is 10.0 Å². The zero-order valence-corrected chi connectivity index (χ0v) is 17.1. The second-order valence-corrected chi connectivity index (χ2v) is 9.13. The van der Waals surface area contributed by atoms with Gasteiger partial charge in [-0.3, -0.25) is 4.79 Å². The average Bonchev–Trinajstić information content (AvgIpc) is 2.65. The molecule has 27 heavy (non-hydrogen) atoms. The lowest BCUT2D eigenvalue weighted by molar-refractivity contribution is 0.0697. The largest absolute Gasteiger partial charge is 0.336 e. The molecule has 1 heterocycles. The van der Waals surface area contributed by atoms with E-state index in [0.29, 0.717) is 36.6 Å². The van der Waals surface area contributed by atoms with Gasteiger partial charge in [0.1, 0.15) is 0 Å². The third-order valence-electron chi connectivity index (χ3n) is 5.48. The molecule has 0 spiro atoms. The molecule has 1 amide bonds. The molecular formula is C21H26N2O3S. The molecule has 6 heteroatoms. The van der Waals surface area contributed by atoms with E-state index in [1.807, 2.05) is 52.0 Å². The first-order valence-corrected chi connectivity index (χ1v) is 10.6. The van der Waals surface area contributed by atoms with Crippen LogP contribution in [0, 0.1) is 27.7 Å². The number of nitrogens with zero attached hydrogens (tertiary/aromatic N) is 2. The van der Waals surface area contributed by atoms with Gasteiger partial charge >= 0.3 is 0 Å². The quantitative estimate of drug-likeness (QED) is 0.815. The van der Waals surface area contributed by atoms with Crippen LogP contribution in [0.4, 0.5) is 0 Å². The summed E-state index contributed by atoms with van der Waals surface area (Å²) in [6.45, 7) is 9.23. The minimum atomic E-state index is -3.53. The highest BCUT2D eigenvalue weighted by Crippen LogP contribution is 2.22. The van der Waals surface area contributed by atoms with Crippen molar-refractivity contribution in [3.8, 4) is 0 Å². The molecule has 0 unspecified atom stereocenters. The second-order valence-electron chi connectivity index (χ2n) is 7.19. The summed E-state index contributed by atoms with van der Waals surface area (Å²) >= 11 is 0. The number of carbonyl (C=O) groups is 1. The number of hydrogen-bond acceptors (Lipinski definition) is 3. The molecule has 2 aromatic rings. The number of rotatable bonds is 3. The fourth-order valence-electron chi connectivity index (χ4n) is 3.31. The molecule has 0 aromatic heterocycles. The number of benzene rings is 2. The molecule has 0 N–H and O–H groups in total. The van der Waals surface area contributed by atoms with Crippen LogP contribution in [0.2, 0.25) is 0 Å². The lowest BCUT2D eigenvalue weighted by Gasteiger charge is -2.34. The van der Waals surface area contributed by atoms with Crippen molar-refractivity contribution in [2.75, 3.05) is 26.2 Å². The molecule has 0 bridgehead atoms. The number of carbonyl (C=O) groups excluding carboxylic acids is 1. The molecule has 1 fully saturated rings. The van der Waals surface area contributed by atoms with Gasteiger partial charge in [-0.25, -0.2) is 8.42 Å². The van der Waals surface area contributed by atoms with Crippen LogP contribution >= 0.6 is 0 Å². The standard InChI is InChI=1S/C21H26N2O3S/c1-15-8-9-19(14-17(15)3)27(25,26)23-12-10-22(11-13-23)21(24)20-7-5-6-16(2)18(20)4/h5-9,14H,10-13H2,1-4H3. The van der Waals surface area contributed by atoms with Gasteiger partial charge in [-0.2, -0.15) is 4.31 Å². The van der Waals surface area contributed by atoms with Crippen molar-refractivity contribution in [2.45, 2.75) is 32.6 Å². The van der Waals surface area contributed by atoms with E-state index in [4.69, 9.17) is 0 Å². The van der Waals surface area contributed by atoms with Crippen molar-refractivity contribution >= 4 is 15.9 Å². The van der Waals surface area contributed by atoms with E-state index < -0.39 is 10.0 Å². The molecule has 1 aliphatic heterocycles. The average molecular weight is 387 g/mol.